The molecule has 2 aliphatic carbocycles. The predicted octanol–water partition coefficient (Wildman–Crippen LogP) is 4.12. The first kappa shape index (κ1) is 19.7. The second-order valence-electron chi connectivity index (χ2n) is 8.95. The zero-order valence-electron chi connectivity index (χ0n) is 17.3. The van der Waals surface area contributed by atoms with Gasteiger partial charge in [-0.2, -0.15) is 0 Å². The van der Waals surface area contributed by atoms with Crippen molar-refractivity contribution in [2.24, 2.45) is 0 Å². The van der Waals surface area contributed by atoms with Crippen molar-refractivity contribution in [3.05, 3.63) is 22.7 Å². The number of hydrogen-bond donors (Lipinski definition) is 1. The highest BCUT2D eigenvalue weighted by Gasteiger charge is 2.32. The van der Waals surface area contributed by atoms with Gasteiger partial charge in [-0.25, -0.2) is 4.98 Å². The Balaban J connectivity index is 1.31. The van der Waals surface area contributed by atoms with Crippen molar-refractivity contribution >= 4 is 21.6 Å². The minimum atomic E-state index is -0.266. The number of pyridine rings is 1. The van der Waals surface area contributed by atoms with Gasteiger partial charge in [-0.05, 0) is 69.4 Å². The van der Waals surface area contributed by atoms with E-state index in [2.05, 4.69) is 16.0 Å². The van der Waals surface area contributed by atoms with Gasteiger partial charge in [-0.1, -0.05) is 0 Å². The maximum Gasteiger partial charge on any atom is 0.131 e. The van der Waals surface area contributed by atoms with E-state index in [9.17, 15) is 5.11 Å². The van der Waals surface area contributed by atoms with E-state index in [1.807, 2.05) is 24.5 Å². The number of aromatic nitrogens is 1. The van der Waals surface area contributed by atoms with E-state index in [1.54, 1.807) is 0 Å². The first-order chi connectivity index (χ1) is 14.2. The Hall–Kier alpha value is -1.21. The zero-order valence-corrected chi connectivity index (χ0v) is 18.1. The van der Waals surface area contributed by atoms with Crippen LogP contribution >= 0.6 is 11.3 Å². The van der Waals surface area contributed by atoms with Crippen LogP contribution in [0.2, 0.25) is 0 Å². The fourth-order valence-electron chi connectivity index (χ4n) is 5.53. The van der Waals surface area contributed by atoms with E-state index < -0.39 is 0 Å². The van der Waals surface area contributed by atoms with E-state index in [0.29, 0.717) is 18.1 Å². The third-order valence-electron chi connectivity index (χ3n) is 6.92. The first-order valence-electron chi connectivity index (χ1n) is 11.3. The molecule has 2 atom stereocenters. The summed E-state index contributed by atoms with van der Waals surface area (Å²) < 4.78 is 12.1. The Morgan fingerprint density at radius 1 is 1.24 bits per heavy atom. The van der Waals surface area contributed by atoms with Crippen LogP contribution in [0.25, 0.3) is 10.2 Å². The van der Waals surface area contributed by atoms with Gasteiger partial charge in [-0.15, -0.1) is 11.3 Å². The second-order valence-corrected chi connectivity index (χ2v) is 10.0. The third kappa shape index (κ3) is 4.05. The van der Waals surface area contributed by atoms with E-state index >= 15 is 0 Å². The number of fused-ring (bicyclic) bond motifs is 3. The monoisotopic (exact) mass is 416 g/mol. The van der Waals surface area contributed by atoms with Gasteiger partial charge in [-0.3, -0.25) is 4.90 Å². The van der Waals surface area contributed by atoms with Crippen molar-refractivity contribution in [2.75, 3.05) is 26.3 Å². The second kappa shape index (κ2) is 8.50. The van der Waals surface area contributed by atoms with Crippen LogP contribution in [0.15, 0.2) is 12.3 Å². The maximum atomic E-state index is 9.96. The summed E-state index contributed by atoms with van der Waals surface area (Å²) in [5, 5.41) is 11.2. The number of aryl methyl sites for hydroxylation is 1. The van der Waals surface area contributed by atoms with Gasteiger partial charge in [0.05, 0.1) is 30.8 Å². The molecule has 3 heterocycles. The molecule has 6 heteroatoms. The average Bonchev–Trinajstić information content (AvgIpc) is 3.29. The molecule has 0 aromatic carbocycles. The number of thiophene rings is 1. The third-order valence-corrected chi connectivity index (χ3v) is 8.09. The van der Waals surface area contributed by atoms with Gasteiger partial charge in [0.25, 0.3) is 0 Å². The molecule has 2 aromatic heterocycles. The molecule has 1 N–H and O–H groups in total. The van der Waals surface area contributed by atoms with Gasteiger partial charge < -0.3 is 14.6 Å². The van der Waals surface area contributed by atoms with Gasteiger partial charge in [0.2, 0.25) is 0 Å². The zero-order chi connectivity index (χ0) is 19.8. The normalized spacial score (nSPS) is 29.1. The fraction of sp³-hybridized carbons (Fsp3) is 0.696. The van der Waals surface area contributed by atoms with Crippen molar-refractivity contribution < 1.29 is 14.6 Å². The number of aliphatic hydroxyl groups is 1. The Morgan fingerprint density at radius 3 is 2.79 bits per heavy atom. The lowest BCUT2D eigenvalue weighted by Crippen LogP contribution is -2.46. The van der Waals surface area contributed by atoms with E-state index in [1.165, 1.54) is 28.7 Å². The smallest absolute Gasteiger partial charge is 0.131 e. The maximum absolute atomic E-state index is 9.96. The van der Waals surface area contributed by atoms with Gasteiger partial charge in [0.15, 0.2) is 0 Å². The van der Waals surface area contributed by atoms with Crippen LogP contribution in [0.5, 0.6) is 5.75 Å². The Bertz CT molecular complexity index is 838. The predicted molar refractivity (Wildman–Crippen MR) is 116 cm³/mol. The highest BCUT2D eigenvalue weighted by Crippen LogP contribution is 2.48. The van der Waals surface area contributed by atoms with Crippen molar-refractivity contribution in [1.82, 2.24) is 9.88 Å². The minimum absolute atomic E-state index is 0.266. The molecule has 0 unspecified atom stereocenters. The van der Waals surface area contributed by atoms with Crippen molar-refractivity contribution in [2.45, 2.75) is 76.0 Å². The highest BCUT2D eigenvalue weighted by molar-refractivity contribution is 7.19. The summed E-state index contributed by atoms with van der Waals surface area (Å²) in [5.41, 5.74) is 1.41. The molecule has 1 aliphatic heterocycles. The Kier molecular flexibility index (Phi) is 5.78. The van der Waals surface area contributed by atoms with Gasteiger partial charge in [0, 0.05) is 30.2 Å². The molecular formula is C23H32N2O3S. The van der Waals surface area contributed by atoms with Crippen LogP contribution in [0.3, 0.4) is 0 Å². The van der Waals surface area contributed by atoms with Gasteiger partial charge in [0.1, 0.15) is 10.6 Å². The summed E-state index contributed by atoms with van der Waals surface area (Å²) in [5.74, 6) is 1.45. The molecule has 5 rings (SSSR count). The molecule has 0 radical (unpaired) electrons. The summed E-state index contributed by atoms with van der Waals surface area (Å²) in [7, 11) is 0. The van der Waals surface area contributed by atoms with E-state index in [4.69, 9.17) is 9.47 Å². The molecule has 158 valence electrons. The highest BCUT2D eigenvalue weighted by atomic mass is 32.1. The topological polar surface area (TPSA) is 54.8 Å². The number of ether oxygens (including phenoxy) is 2. The Labute approximate surface area is 177 Å². The van der Waals surface area contributed by atoms with Crippen LogP contribution in [0, 0.1) is 0 Å². The molecule has 3 aliphatic rings. The average molecular weight is 417 g/mol. The standard InChI is InChI=1S/C23H32N2O3S/c1-15(26)14-16-2-7-20-21(16)22-19(8-9-24-23(22)29-20)28-18-5-3-17(4-6-18)25-10-12-27-13-11-25/h8-9,15-18,26H,2-7,10-14H2,1H3/t15-,16-,17-,18-/m1/s1. The van der Waals surface area contributed by atoms with Crippen LogP contribution in [0.1, 0.15) is 61.8 Å². The Morgan fingerprint density at radius 2 is 2.03 bits per heavy atom. The lowest BCUT2D eigenvalue weighted by atomic mass is 9.91. The minimum Gasteiger partial charge on any atom is -0.490 e. The quantitative estimate of drug-likeness (QED) is 0.795. The SMILES string of the molecule is C[C@@H](O)C[C@H]1CCc2sc3nccc(O[C@H]4CC[C@H](N5CCOCC5)CC4)c3c21. The largest absolute Gasteiger partial charge is 0.490 e. The number of hydrogen-bond acceptors (Lipinski definition) is 6. The number of nitrogens with zero attached hydrogens (tertiary/aromatic N) is 2. The molecular weight excluding hydrogens is 384 g/mol. The van der Waals surface area contributed by atoms with Gasteiger partial charge >= 0.3 is 0 Å². The number of rotatable bonds is 5. The lowest BCUT2D eigenvalue weighted by molar-refractivity contribution is -0.000920. The number of morpholine rings is 1. The molecule has 5 nitrogen and oxygen atoms in total. The van der Waals surface area contributed by atoms with E-state index in [-0.39, 0.29) is 6.10 Å². The molecule has 29 heavy (non-hydrogen) atoms. The molecule has 1 saturated carbocycles. The summed E-state index contributed by atoms with van der Waals surface area (Å²) in [6, 6.07) is 2.75. The summed E-state index contributed by atoms with van der Waals surface area (Å²) >= 11 is 1.82. The number of aliphatic hydroxyl groups excluding tert-OH is 1. The van der Waals surface area contributed by atoms with Crippen molar-refractivity contribution in [3.8, 4) is 5.75 Å². The molecule has 0 amide bonds. The molecule has 1 saturated heterocycles. The molecule has 2 fully saturated rings. The summed E-state index contributed by atoms with van der Waals surface area (Å²) in [6.07, 6.45) is 9.67. The van der Waals surface area contributed by atoms with Crippen molar-refractivity contribution in [1.29, 1.82) is 0 Å². The molecule has 0 bridgehead atoms. The summed E-state index contributed by atoms with van der Waals surface area (Å²) in [6.45, 7) is 5.81. The van der Waals surface area contributed by atoms with Crippen LogP contribution in [-0.4, -0.2) is 59.5 Å². The van der Waals surface area contributed by atoms with Crippen LogP contribution in [-0.2, 0) is 11.2 Å². The fourth-order valence-corrected chi connectivity index (χ4v) is 6.78. The van der Waals surface area contributed by atoms with Crippen molar-refractivity contribution in [3.63, 3.8) is 0 Å². The first-order valence-corrected chi connectivity index (χ1v) is 12.1. The lowest BCUT2D eigenvalue weighted by Gasteiger charge is -2.38. The van der Waals surface area contributed by atoms with Crippen LogP contribution in [0.4, 0.5) is 0 Å². The van der Waals surface area contributed by atoms with Crippen LogP contribution < -0.4 is 4.74 Å². The van der Waals surface area contributed by atoms with E-state index in [0.717, 1.165) is 69.0 Å². The molecule has 2 aromatic rings. The molecule has 0 spiro atoms. The summed E-state index contributed by atoms with van der Waals surface area (Å²) in [4.78, 5) is 9.80.